The second kappa shape index (κ2) is 12.4. The lowest BCUT2D eigenvalue weighted by molar-refractivity contribution is -0.117. The minimum Gasteiger partial charge on any atom is -0.497 e. The summed E-state index contributed by atoms with van der Waals surface area (Å²) in [5.74, 6) is 1.40. The third-order valence-corrected chi connectivity index (χ3v) is 6.17. The van der Waals surface area contributed by atoms with E-state index < -0.39 is 5.91 Å². The van der Waals surface area contributed by atoms with E-state index in [1.165, 1.54) is 6.08 Å². The molecule has 3 aromatic rings. The van der Waals surface area contributed by atoms with Gasteiger partial charge in [0, 0.05) is 11.0 Å². The maximum atomic E-state index is 12.6. The first-order valence-electron chi connectivity index (χ1n) is 10.2. The summed E-state index contributed by atoms with van der Waals surface area (Å²) >= 11 is 5.58. The van der Waals surface area contributed by atoms with Crippen molar-refractivity contribution < 1.29 is 19.0 Å². The van der Waals surface area contributed by atoms with Gasteiger partial charge in [-0.25, -0.2) is 0 Å². The van der Waals surface area contributed by atoms with Gasteiger partial charge in [0.15, 0.2) is 11.5 Å². The molecule has 0 fully saturated rings. The predicted molar refractivity (Wildman–Crippen MR) is 143 cm³/mol. The van der Waals surface area contributed by atoms with Crippen LogP contribution in [0.4, 0.5) is 0 Å². The predicted octanol–water partition coefficient (Wildman–Crippen LogP) is 5.87. The summed E-state index contributed by atoms with van der Waals surface area (Å²) in [4.78, 5) is 12.6. The normalized spacial score (nSPS) is 10.9. The number of hydrogen-bond acceptors (Lipinski definition) is 5. The molecule has 0 atom stereocenters. The van der Waals surface area contributed by atoms with Crippen molar-refractivity contribution in [3.8, 4) is 23.3 Å². The topological polar surface area (TPSA) is 80.6 Å². The molecule has 0 spiro atoms. The summed E-state index contributed by atoms with van der Waals surface area (Å²) in [6, 6.07) is 20.8. The Morgan fingerprint density at radius 3 is 2.35 bits per heavy atom. The van der Waals surface area contributed by atoms with Gasteiger partial charge in [-0.2, -0.15) is 5.26 Å². The van der Waals surface area contributed by atoms with E-state index in [2.05, 4.69) is 43.8 Å². The van der Waals surface area contributed by atoms with Gasteiger partial charge in [-0.3, -0.25) is 4.79 Å². The van der Waals surface area contributed by atoms with Gasteiger partial charge >= 0.3 is 0 Å². The average molecular weight is 633 g/mol. The standard InChI is InChI=1S/C26H22BrIN2O4/c1-32-22-9-5-17(6-10-22)15-30-26(31)20(14-29)11-19-12-23(28)25(24(13-19)33-2)34-16-18-3-7-21(27)8-4-18/h3-13H,15-16H2,1-2H3,(H,30,31)/b20-11-. The molecule has 0 bridgehead atoms. The SMILES string of the molecule is COc1ccc(CNC(=O)/C(C#N)=C\c2cc(I)c(OCc3ccc(Br)cc3)c(OC)c2)cc1. The van der Waals surface area contributed by atoms with Crippen LogP contribution in [0.15, 0.2) is 70.7 Å². The third kappa shape index (κ3) is 6.98. The fraction of sp³-hybridized carbons (Fsp3) is 0.154. The molecule has 34 heavy (non-hydrogen) atoms. The van der Waals surface area contributed by atoms with Crippen molar-refractivity contribution in [2.45, 2.75) is 13.2 Å². The van der Waals surface area contributed by atoms with Crippen LogP contribution in [0.2, 0.25) is 0 Å². The van der Waals surface area contributed by atoms with Crippen LogP contribution >= 0.6 is 38.5 Å². The van der Waals surface area contributed by atoms with E-state index in [9.17, 15) is 10.1 Å². The van der Waals surface area contributed by atoms with Gasteiger partial charge in [-0.15, -0.1) is 0 Å². The van der Waals surface area contributed by atoms with Crippen LogP contribution in [0.25, 0.3) is 6.08 Å². The number of halogens is 2. The van der Waals surface area contributed by atoms with Crippen molar-refractivity contribution in [2.24, 2.45) is 0 Å². The summed E-state index contributed by atoms with van der Waals surface area (Å²) in [6.07, 6.45) is 1.53. The zero-order valence-corrected chi connectivity index (χ0v) is 22.3. The van der Waals surface area contributed by atoms with Gasteiger partial charge in [0.05, 0.1) is 17.8 Å². The molecule has 0 aliphatic heterocycles. The highest BCUT2D eigenvalue weighted by Crippen LogP contribution is 2.35. The van der Waals surface area contributed by atoms with Crippen LogP contribution in [-0.4, -0.2) is 20.1 Å². The van der Waals surface area contributed by atoms with Crippen molar-refractivity contribution in [3.63, 3.8) is 0 Å². The quantitative estimate of drug-likeness (QED) is 0.181. The second-order valence-electron chi connectivity index (χ2n) is 7.15. The number of nitrogens with zero attached hydrogens (tertiary/aromatic N) is 1. The van der Waals surface area contributed by atoms with Gasteiger partial charge < -0.3 is 19.5 Å². The second-order valence-corrected chi connectivity index (χ2v) is 9.23. The Labute approximate surface area is 220 Å². The number of ether oxygens (including phenoxy) is 3. The Morgan fingerprint density at radius 2 is 1.74 bits per heavy atom. The van der Waals surface area contributed by atoms with Crippen LogP contribution in [-0.2, 0) is 17.9 Å². The Hall–Kier alpha value is -3.03. The van der Waals surface area contributed by atoms with E-state index in [4.69, 9.17) is 14.2 Å². The molecule has 8 heteroatoms. The largest absolute Gasteiger partial charge is 0.497 e. The first kappa shape index (κ1) is 25.6. The number of carbonyl (C=O) groups is 1. The maximum absolute atomic E-state index is 12.6. The minimum atomic E-state index is -0.456. The first-order valence-corrected chi connectivity index (χ1v) is 12.1. The molecule has 0 radical (unpaired) electrons. The summed E-state index contributed by atoms with van der Waals surface area (Å²) in [5, 5.41) is 12.3. The highest BCUT2D eigenvalue weighted by atomic mass is 127. The van der Waals surface area contributed by atoms with Crippen molar-refractivity contribution in [2.75, 3.05) is 14.2 Å². The molecule has 0 aliphatic rings. The number of nitrogens with one attached hydrogen (secondary N) is 1. The summed E-state index contributed by atoms with van der Waals surface area (Å²) in [5.41, 5.74) is 2.57. The van der Waals surface area contributed by atoms with Crippen LogP contribution in [0.1, 0.15) is 16.7 Å². The molecular weight excluding hydrogens is 611 g/mol. The molecule has 0 unspecified atom stereocenters. The molecule has 1 amide bonds. The van der Waals surface area contributed by atoms with E-state index in [-0.39, 0.29) is 5.57 Å². The lowest BCUT2D eigenvalue weighted by atomic mass is 10.1. The molecule has 0 heterocycles. The number of carbonyl (C=O) groups excluding carboxylic acids is 1. The lowest BCUT2D eigenvalue weighted by Gasteiger charge is -2.14. The zero-order chi connectivity index (χ0) is 24.5. The van der Waals surface area contributed by atoms with Gasteiger partial charge in [0.2, 0.25) is 0 Å². The van der Waals surface area contributed by atoms with E-state index in [0.717, 1.165) is 24.9 Å². The van der Waals surface area contributed by atoms with Crippen LogP contribution < -0.4 is 19.5 Å². The Balaban J connectivity index is 1.72. The van der Waals surface area contributed by atoms with Crippen LogP contribution in [0.5, 0.6) is 17.2 Å². The maximum Gasteiger partial charge on any atom is 0.262 e. The van der Waals surface area contributed by atoms with E-state index in [0.29, 0.717) is 30.2 Å². The van der Waals surface area contributed by atoms with Crippen molar-refractivity contribution >= 4 is 50.5 Å². The summed E-state index contributed by atoms with van der Waals surface area (Å²) < 4.78 is 18.5. The summed E-state index contributed by atoms with van der Waals surface area (Å²) in [7, 11) is 3.15. The molecule has 0 saturated heterocycles. The monoisotopic (exact) mass is 632 g/mol. The van der Waals surface area contributed by atoms with Gasteiger partial charge in [0.1, 0.15) is 24.0 Å². The molecule has 174 valence electrons. The molecule has 0 saturated carbocycles. The van der Waals surface area contributed by atoms with E-state index >= 15 is 0 Å². The molecule has 3 rings (SSSR count). The fourth-order valence-electron chi connectivity index (χ4n) is 3.04. The Bertz CT molecular complexity index is 1220. The van der Waals surface area contributed by atoms with Crippen LogP contribution in [0, 0.1) is 14.9 Å². The van der Waals surface area contributed by atoms with Crippen molar-refractivity contribution in [1.29, 1.82) is 5.26 Å². The van der Waals surface area contributed by atoms with Crippen molar-refractivity contribution in [1.82, 2.24) is 5.32 Å². The first-order chi connectivity index (χ1) is 16.4. The number of hydrogen-bond donors (Lipinski definition) is 1. The molecule has 1 N–H and O–H groups in total. The molecular formula is C26H22BrIN2O4. The molecule has 3 aromatic carbocycles. The van der Waals surface area contributed by atoms with Crippen molar-refractivity contribution in [3.05, 3.63) is 91.0 Å². The lowest BCUT2D eigenvalue weighted by Crippen LogP contribution is -2.23. The van der Waals surface area contributed by atoms with Gasteiger partial charge in [-0.1, -0.05) is 40.2 Å². The van der Waals surface area contributed by atoms with Crippen LogP contribution in [0.3, 0.4) is 0 Å². The zero-order valence-electron chi connectivity index (χ0n) is 18.6. The third-order valence-electron chi connectivity index (χ3n) is 4.84. The number of nitriles is 1. The number of amides is 1. The van der Waals surface area contributed by atoms with E-state index in [1.807, 2.05) is 60.7 Å². The smallest absolute Gasteiger partial charge is 0.262 e. The molecule has 6 nitrogen and oxygen atoms in total. The summed E-state index contributed by atoms with van der Waals surface area (Å²) in [6.45, 7) is 0.678. The van der Waals surface area contributed by atoms with Gasteiger partial charge in [0.25, 0.3) is 5.91 Å². The minimum absolute atomic E-state index is 0.00473. The Morgan fingerprint density at radius 1 is 1.06 bits per heavy atom. The number of methoxy groups -OCH3 is 2. The Kier molecular flexibility index (Phi) is 9.36. The highest BCUT2D eigenvalue weighted by Gasteiger charge is 2.14. The molecule has 0 aromatic heterocycles. The highest BCUT2D eigenvalue weighted by molar-refractivity contribution is 14.1. The number of benzene rings is 3. The number of rotatable bonds is 9. The van der Waals surface area contributed by atoms with E-state index in [1.54, 1.807) is 20.3 Å². The fourth-order valence-corrected chi connectivity index (χ4v) is 4.08. The van der Waals surface area contributed by atoms with Gasteiger partial charge in [-0.05, 0) is 81.8 Å². The molecule has 0 aliphatic carbocycles. The average Bonchev–Trinajstić information content (AvgIpc) is 2.86.